The van der Waals surface area contributed by atoms with Crippen LogP contribution in [0.4, 0.5) is 0 Å². The van der Waals surface area contributed by atoms with Crippen molar-refractivity contribution in [3.8, 4) is 0 Å². The number of nitrogens with zero attached hydrogens (tertiary/aromatic N) is 2. The Hall–Kier alpha value is -1.04. The van der Waals surface area contributed by atoms with Crippen molar-refractivity contribution in [3.05, 3.63) is 11.7 Å². The number of carbonyl (C=O) groups excluding carboxylic acids is 1. The van der Waals surface area contributed by atoms with Crippen LogP contribution in [-0.4, -0.2) is 28.0 Å². The molecule has 6 heteroatoms. The standard InChI is InChI=1S/C14H22N2O3S/c1-4-18-13(17)14(7-5-6-8-14)12-15-11(16-19-12)9-20-10(2)3/h10H,4-9H2,1-3H3. The summed E-state index contributed by atoms with van der Waals surface area (Å²) in [6, 6.07) is 0. The molecule has 0 radical (unpaired) electrons. The minimum atomic E-state index is -0.705. The van der Waals surface area contributed by atoms with Gasteiger partial charge in [0.05, 0.1) is 12.4 Å². The molecule has 112 valence electrons. The fourth-order valence-corrected chi connectivity index (χ4v) is 3.10. The molecule has 0 aromatic carbocycles. The second-order valence-electron chi connectivity index (χ2n) is 5.39. The lowest BCUT2D eigenvalue weighted by atomic mass is 9.86. The van der Waals surface area contributed by atoms with Gasteiger partial charge in [0.15, 0.2) is 5.82 Å². The number of hydrogen-bond donors (Lipinski definition) is 0. The molecule has 0 bridgehead atoms. The first-order chi connectivity index (χ1) is 9.58. The Bertz CT molecular complexity index is 453. The molecule has 0 amide bonds. The van der Waals surface area contributed by atoms with Crippen LogP contribution in [0.15, 0.2) is 4.52 Å². The zero-order valence-electron chi connectivity index (χ0n) is 12.3. The number of ether oxygens (including phenoxy) is 1. The van der Waals surface area contributed by atoms with Crippen LogP contribution in [-0.2, 0) is 20.7 Å². The molecule has 1 heterocycles. The molecule has 0 aliphatic heterocycles. The molecule has 5 nitrogen and oxygen atoms in total. The van der Waals surface area contributed by atoms with Crippen molar-refractivity contribution in [1.29, 1.82) is 0 Å². The van der Waals surface area contributed by atoms with E-state index in [1.165, 1.54) is 0 Å². The molecule has 1 aliphatic carbocycles. The van der Waals surface area contributed by atoms with E-state index >= 15 is 0 Å². The topological polar surface area (TPSA) is 65.2 Å². The number of hydrogen-bond acceptors (Lipinski definition) is 6. The minimum absolute atomic E-state index is 0.218. The molecule has 20 heavy (non-hydrogen) atoms. The normalized spacial score (nSPS) is 17.6. The lowest BCUT2D eigenvalue weighted by molar-refractivity contribution is -0.151. The Kier molecular flexibility index (Phi) is 5.07. The smallest absolute Gasteiger partial charge is 0.321 e. The number of carbonyl (C=O) groups is 1. The quantitative estimate of drug-likeness (QED) is 0.752. The third kappa shape index (κ3) is 3.16. The Balaban J connectivity index is 2.16. The maximum atomic E-state index is 12.3. The highest BCUT2D eigenvalue weighted by Crippen LogP contribution is 2.41. The van der Waals surface area contributed by atoms with Crippen LogP contribution in [0.3, 0.4) is 0 Å². The van der Waals surface area contributed by atoms with Gasteiger partial charge in [-0.3, -0.25) is 4.79 Å². The summed E-state index contributed by atoms with van der Waals surface area (Å²) in [6.07, 6.45) is 3.48. The van der Waals surface area contributed by atoms with E-state index in [-0.39, 0.29) is 5.97 Å². The summed E-state index contributed by atoms with van der Waals surface area (Å²) >= 11 is 1.76. The van der Waals surface area contributed by atoms with E-state index in [0.717, 1.165) is 25.7 Å². The van der Waals surface area contributed by atoms with Gasteiger partial charge in [0, 0.05) is 0 Å². The largest absolute Gasteiger partial charge is 0.465 e. The molecular formula is C14H22N2O3S. The van der Waals surface area contributed by atoms with Crippen LogP contribution in [0.25, 0.3) is 0 Å². The molecule has 0 atom stereocenters. The Morgan fingerprint density at radius 2 is 2.15 bits per heavy atom. The van der Waals surface area contributed by atoms with Gasteiger partial charge in [0.1, 0.15) is 5.41 Å². The predicted octanol–water partition coefficient (Wildman–Crippen LogP) is 3.09. The Morgan fingerprint density at radius 3 is 2.75 bits per heavy atom. The van der Waals surface area contributed by atoms with Crippen molar-refractivity contribution in [2.75, 3.05) is 6.61 Å². The van der Waals surface area contributed by atoms with Gasteiger partial charge in [-0.25, -0.2) is 0 Å². The maximum absolute atomic E-state index is 12.3. The summed E-state index contributed by atoms with van der Waals surface area (Å²) in [7, 11) is 0. The first-order valence-electron chi connectivity index (χ1n) is 7.20. The zero-order valence-corrected chi connectivity index (χ0v) is 13.2. The summed E-state index contributed by atoms with van der Waals surface area (Å²) in [5.41, 5.74) is -0.705. The molecule has 1 aromatic rings. The van der Waals surface area contributed by atoms with Gasteiger partial charge >= 0.3 is 5.97 Å². The second-order valence-corrected chi connectivity index (χ2v) is 6.95. The molecule has 2 rings (SSSR count). The molecular weight excluding hydrogens is 276 g/mol. The predicted molar refractivity (Wildman–Crippen MR) is 77.5 cm³/mol. The van der Waals surface area contributed by atoms with Crippen molar-refractivity contribution in [1.82, 2.24) is 10.1 Å². The molecule has 0 spiro atoms. The van der Waals surface area contributed by atoms with E-state index in [4.69, 9.17) is 9.26 Å². The van der Waals surface area contributed by atoms with Gasteiger partial charge in [-0.05, 0) is 25.0 Å². The molecule has 0 unspecified atom stereocenters. The SMILES string of the molecule is CCOC(=O)C1(c2nc(CSC(C)C)no2)CCCC1. The Labute approximate surface area is 123 Å². The van der Waals surface area contributed by atoms with E-state index in [2.05, 4.69) is 24.0 Å². The van der Waals surface area contributed by atoms with E-state index in [1.807, 2.05) is 6.92 Å². The van der Waals surface area contributed by atoms with E-state index < -0.39 is 5.41 Å². The monoisotopic (exact) mass is 298 g/mol. The van der Waals surface area contributed by atoms with E-state index in [1.54, 1.807) is 11.8 Å². The summed E-state index contributed by atoms with van der Waals surface area (Å²) in [4.78, 5) is 16.7. The highest BCUT2D eigenvalue weighted by atomic mass is 32.2. The number of aromatic nitrogens is 2. The highest BCUT2D eigenvalue weighted by molar-refractivity contribution is 7.99. The number of rotatable bonds is 6. The summed E-state index contributed by atoms with van der Waals surface area (Å²) < 4.78 is 10.6. The van der Waals surface area contributed by atoms with Crippen LogP contribution in [0, 0.1) is 0 Å². The van der Waals surface area contributed by atoms with Crippen LogP contribution in [0.5, 0.6) is 0 Å². The summed E-state index contributed by atoms with van der Waals surface area (Å²) in [5, 5.41) is 4.52. The van der Waals surface area contributed by atoms with Crippen molar-refractivity contribution in [2.45, 2.75) is 62.9 Å². The van der Waals surface area contributed by atoms with Gasteiger partial charge < -0.3 is 9.26 Å². The average molecular weight is 298 g/mol. The van der Waals surface area contributed by atoms with Crippen LogP contribution >= 0.6 is 11.8 Å². The Morgan fingerprint density at radius 1 is 1.45 bits per heavy atom. The van der Waals surface area contributed by atoms with Gasteiger partial charge in [0.2, 0.25) is 5.89 Å². The summed E-state index contributed by atoms with van der Waals surface area (Å²) in [6.45, 7) is 6.45. The van der Waals surface area contributed by atoms with Crippen molar-refractivity contribution >= 4 is 17.7 Å². The molecule has 1 saturated carbocycles. The van der Waals surface area contributed by atoms with Gasteiger partial charge in [-0.15, -0.1) is 0 Å². The molecule has 1 aliphatic rings. The average Bonchev–Trinajstić information content (AvgIpc) is 3.06. The summed E-state index contributed by atoms with van der Waals surface area (Å²) in [5.74, 6) is 1.59. The lowest BCUT2D eigenvalue weighted by Gasteiger charge is -2.21. The van der Waals surface area contributed by atoms with Gasteiger partial charge in [-0.2, -0.15) is 16.7 Å². The fourth-order valence-electron chi connectivity index (χ4n) is 2.50. The fraction of sp³-hybridized carbons (Fsp3) is 0.786. The zero-order chi connectivity index (χ0) is 14.6. The third-order valence-corrected chi connectivity index (χ3v) is 4.64. The molecule has 0 saturated heterocycles. The van der Waals surface area contributed by atoms with Crippen molar-refractivity contribution < 1.29 is 14.1 Å². The maximum Gasteiger partial charge on any atom is 0.321 e. The first-order valence-corrected chi connectivity index (χ1v) is 8.25. The molecule has 1 fully saturated rings. The molecule has 1 aromatic heterocycles. The van der Waals surface area contributed by atoms with E-state index in [0.29, 0.717) is 29.3 Å². The number of thioether (sulfide) groups is 1. The highest BCUT2D eigenvalue weighted by Gasteiger charge is 2.49. The van der Waals surface area contributed by atoms with Crippen LogP contribution in [0.2, 0.25) is 0 Å². The van der Waals surface area contributed by atoms with E-state index in [9.17, 15) is 4.79 Å². The van der Waals surface area contributed by atoms with Gasteiger partial charge in [0.25, 0.3) is 0 Å². The number of esters is 1. The first kappa shape index (κ1) is 15.4. The third-order valence-electron chi connectivity index (χ3n) is 3.55. The second kappa shape index (κ2) is 6.61. The minimum Gasteiger partial charge on any atom is -0.465 e. The van der Waals surface area contributed by atoms with Crippen molar-refractivity contribution in [3.63, 3.8) is 0 Å². The van der Waals surface area contributed by atoms with Crippen molar-refractivity contribution in [2.24, 2.45) is 0 Å². The van der Waals surface area contributed by atoms with Crippen LogP contribution in [0.1, 0.15) is 58.2 Å². The lowest BCUT2D eigenvalue weighted by Crippen LogP contribution is -2.35. The molecule has 0 N–H and O–H groups in total. The van der Waals surface area contributed by atoms with Crippen LogP contribution < -0.4 is 0 Å². The van der Waals surface area contributed by atoms with Gasteiger partial charge in [-0.1, -0.05) is 31.8 Å².